The monoisotopic (exact) mass is 893 g/mol. The molecule has 0 aromatic rings. The molecule has 20 unspecified atom stereocenters. The molecule has 5 aliphatic heterocycles. The molecule has 5 saturated heterocycles. The SMILES string of the molecule is CCCCCCCCOC(=O)C1C(C(=O)[O-])C(C(=O)[O-])C(C(=O)[O-])C2C3NC4NC(NC5NC(NC6NC(NC(N3)C12)C1CCCCC61)C1CCCCC51)C1CCCCC41.[Fe+3]. The summed E-state index contributed by atoms with van der Waals surface area (Å²) in [5.41, 5.74) is 0. The maximum atomic E-state index is 14.5. The van der Waals surface area contributed by atoms with Crippen LogP contribution in [-0.4, -0.2) is 79.8 Å². The van der Waals surface area contributed by atoms with Crippen LogP contribution in [0, 0.1) is 71.0 Å². The number of hydrogen-bond acceptors (Lipinski definition) is 16. The first-order valence-corrected chi connectivity index (χ1v) is 24.0. The zero-order valence-corrected chi connectivity index (χ0v) is 36.7. The van der Waals surface area contributed by atoms with Gasteiger partial charge in [-0.1, -0.05) is 77.6 Å². The van der Waals surface area contributed by atoms with Crippen molar-refractivity contribution < 1.29 is 56.3 Å². The molecule has 8 bridgehead atoms. The van der Waals surface area contributed by atoms with E-state index in [1.165, 1.54) is 25.7 Å². The van der Waals surface area contributed by atoms with E-state index in [-0.39, 0.29) is 72.5 Å². The van der Waals surface area contributed by atoms with Crippen LogP contribution in [-0.2, 0) is 41.0 Å². The van der Waals surface area contributed by atoms with Gasteiger partial charge < -0.3 is 34.4 Å². The van der Waals surface area contributed by atoms with Crippen LogP contribution in [0.1, 0.15) is 122 Å². The Hall–Kier alpha value is -1.92. The van der Waals surface area contributed by atoms with Gasteiger partial charge in [0.2, 0.25) is 0 Å². The Balaban J connectivity index is 0.00000514. The van der Waals surface area contributed by atoms with Crippen molar-refractivity contribution in [2.75, 3.05) is 6.61 Å². The number of nitrogens with one attached hydrogen (secondary N) is 8. The first kappa shape index (κ1) is 45.6. The summed E-state index contributed by atoms with van der Waals surface area (Å²) in [5, 5.41) is 70.9. The number of ether oxygens (including phenoxy) is 1. The van der Waals surface area contributed by atoms with Crippen molar-refractivity contribution in [2.45, 2.75) is 172 Å². The molecule has 4 saturated carbocycles. The fraction of sp³-hybridized carbons (Fsp3) is 0.909. The van der Waals surface area contributed by atoms with Gasteiger partial charge in [0.05, 0.1) is 61.9 Å². The summed E-state index contributed by atoms with van der Waals surface area (Å²) >= 11 is 0. The van der Waals surface area contributed by atoms with Crippen molar-refractivity contribution in [3.05, 3.63) is 0 Å². The Morgan fingerprint density at radius 3 is 1.08 bits per heavy atom. The number of unbranched alkanes of at least 4 members (excludes halogenated alkanes) is 5. The number of aliphatic carboxylic acids is 3. The van der Waals surface area contributed by atoms with Gasteiger partial charge in [-0.3, -0.25) is 47.3 Å². The standard InChI is InChI=1S/C44H72N8O8.Fe/c1-2-3-4-5-6-13-20-60-44(59)32-28-27(29(41(53)54)30(42(55)56)31(32)43(57)58)39-50-37-25-18-11-9-16-23(25)35(48-37)46-33-21-14-7-8-15-22(21)34(45-33)47-36-24-17-10-12-19-26(24)38(49-36)51-40(28)52-39;/h21-40,45-52H,2-20H2,1H3,(H,53,54)(H,55,56)(H,57,58);/q;+3/p-3. The van der Waals surface area contributed by atoms with Crippen molar-refractivity contribution in [1.29, 1.82) is 0 Å². The number of carbonyl (C=O) groups is 4. The smallest absolute Gasteiger partial charge is 0.550 e. The minimum Gasteiger partial charge on any atom is -0.550 e. The third kappa shape index (κ3) is 8.80. The van der Waals surface area contributed by atoms with Gasteiger partial charge in [-0.25, -0.2) is 0 Å². The predicted molar refractivity (Wildman–Crippen MR) is 212 cm³/mol. The second-order valence-corrected chi connectivity index (χ2v) is 20.1. The molecule has 9 rings (SSSR count). The molecule has 61 heavy (non-hydrogen) atoms. The molecule has 16 nitrogen and oxygen atoms in total. The van der Waals surface area contributed by atoms with Gasteiger partial charge in [0.1, 0.15) is 0 Å². The normalized spacial score (nSPS) is 46.2. The summed E-state index contributed by atoms with van der Waals surface area (Å²) in [6.45, 7) is 2.19. The molecule has 0 aromatic carbocycles. The van der Waals surface area contributed by atoms with Crippen molar-refractivity contribution in [2.24, 2.45) is 71.0 Å². The van der Waals surface area contributed by atoms with E-state index in [9.17, 15) is 34.5 Å². The largest absolute Gasteiger partial charge is 3.00 e. The Labute approximate surface area is 371 Å². The summed E-state index contributed by atoms with van der Waals surface area (Å²) in [6.07, 6.45) is 16.9. The second-order valence-electron chi connectivity index (χ2n) is 20.1. The third-order valence-electron chi connectivity index (χ3n) is 17.1. The molecular weight excluding hydrogens is 824 g/mol. The molecule has 0 amide bonds. The number of rotatable bonds is 11. The predicted octanol–water partition coefficient (Wildman–Crippen LogP) is -1.34. The van der Waals surface area contributed by atoms with Crippen LogP contribution in [0.5, 0.6) is 0 Å². The summed E-state index contributed by atoms with van der Waals surface area (Å²) in [5.74, 6) is -13.6. The Morgan fingerprint density at radius 2 is 0.721 bits per heavy atom. The summed E-state index contributed by atoms with van der Waals surface area (Å²) in [6, 6.07) is 0. The van der Waals surface area contributed by atoms with E-state index >= 15 is 0 Å². The molecule has 1 radical (unpaired) electrons. The second kappa shape index (κ2) is 19.7. The van der Waals surface area contributed by atoms with Gasteiger partial charge in [0.15, 0.2) is 0 Å². The number of carboxylic acid groups (broad SMARTS) is 3. The summed E-state index contributed by atoms with van der Waals surface area (Å²) < 4.78 is 5.86. The van der Waals surface area contributed by atoms with Crippen LogP contribution in [0.4, 0.5) is 0 Å². The maximum absolute atomic E-state index is 14.5. The van der Waals surface area contributed by atoms with Crippen molar-refractivity contribution in [3.8, 4) is 0 Å². The van der Waals surface area contributed by atoms with Crippen LogP contribution in [0.15, 0.2) is 0 Å². The molecule has 5 heterocycles. The quantitative estimate of drug-likeness (QED) is 0.0681. The minimum atomic E-state index is -2.08. The van der Waals surface area contributed by atoms with E-state index in [2.05, 4.69) is 49.5 Å². The average molecular weight is 894 g/mol. The fourth-order valence-corrected chi connectivity index (χ4v) is 14.5. The first-order valence-electron chi connectivity index (χ1n) is 24.0. The summed E-state index contributed by atoms with van der Waals surface area (Å²) in [7, 11) is 0. The molecule has 4 aliphatic carbocycles. The molecule has 9 aliphatic rings. The number of carboxylic acids is 3. The molecule has 9 fully saturated rings. The van der Waals surface area contributed by atoms with Gasteiger partial charge in [-0.05, 0) is 80.5 Å². The van der Waals surface area contributed by atoms with Gasteiger partial charge >= 0.3 is 23.0 Å². The van der Waals surface area contributed by atoms with Crippen LogP contribution in [0.2, 0.25) is 0 Å². The minimum absolute atomic E-state index is 0. The van der Waals surface area contributed by atoms with Gasteiger partial charge in [-0.15, -0.1) is 0 Å². The zero-order valence-electron chi connectivity index (χ0n) is 35.6. The van der Waals surface area contributed by atoms with Crippen molar-refractivity contribution in [1.82, 2.24) is 42.5 Å². The van der Waals surface area contributed by atoms with E-state index in [0.29, 0.717) is 30.1 Å². The van der Waals surface area contributed by atoms with E-state index < -0.39 is 71.7 Å². The Kier molecular flexibility index (Phi) is 14.7. The van der Waals surface area contributed by atoms with Gasteiger partial charge in [0, 0.05) is 47.5 Å². The molecule has 0 spiro atoms. The number of esters is 1. The van der Waals surface area contributed by atoms with E-state index in [4.69, 9.17) is 4.74 Å². The van der Waals surface area contributed by atoms with Gasteiger partial charge in [0.25, 0.3) is 0 Å². The topological polar surface area (TPSA) is 243 Å². The number of carbonyl (C=O) groups excluding carboxylic acids is 4. The zero-order chi connectivity index (χ0) is 41.7. The summed E-state index contributed by atoms with van der Waals surface area (Å²) in [4.78, 5) is 54.2. The van der Waals surface area contributed by atoms with Crippen LogP contribution in [0.25, 0.3) is 0 Å². The Morgan fingerprint density at radius 1 is 0.426 bits per heavy atom. The van der Waals surface area contributed by atoms with Gasteiger partial charge in [-0.2, -0.15) is 0 Å². The van der Waals surface area contributed by atoms with E-state index in [1.807, 2.05) is 0 Å². The van der Waals surface area contributed by atoms with Crippen LogP contribution >= 0.6 is 0 Å². The fourth-order valence-electron chi connectivity index (χ4n) is 14.5. The Bertz CT molecular complexity index is 1580. The van der Waals surface area contributed by atoms with Crippen molar-refractivity contribution >= 4 is 23.9 Å². The van der Waals surface area contributed by atoms with Crippen LogP contribution in [0.3, 0.4) is 0 Å². The van der Waals surface area contributed by atoms with Crippen molar-refractivity contribution in [3.63, 3.8) is 0 Å². The molecule has 20 atom stereocenters. The van der Waals surface area contributed by atoms with E-state index in [1.54, 1.807) is 0 Å². The maximum Gasteiger partial charge on any atom is 3.00 e. The molecule has 8 N–H and O–H groups in total. The third-order valence-corrected chi connectivity index (χ3v) is 17.1. The molecule has 341 valence electrons. The number of hydrogen-bond donors (Lipinski definition) is 8. The molecular formula is C44H69FeN8O8. The average Bonchev–Trinajstić information content (AvgIpc) is 3.98. The molecule has 0 aromatic heterocycles. The van der Waals surface area contributed by atoms with E-state index in [0.717, 1.165) is 83.5 Å². The first-order chi connectivity index (χ1) is 29.1. The molecule has 17 heteroatoms. The number of fused-ring (bicyclic) bond motifs is 20. The van der Waals surface area contributed by atoms with Crippen LogP contribution < -0.4 is 57.9 Å².